The number of thioether (sulfide) groups is 1. The number of Topliss-reactive ketones (excluding diaryl/α,β-unsaturated/α-hetero) is 1. The molecule has 0 saturated heterocycles. The van der Waals surface area contributed by atoms with Crippen molar-refractivity contribution in [1.82, 2.24) is 5.32 Å². The van der Waals surface area contributed by atoms with Crippen molar-refractivity contribution in [3.8, 4) is 11.5 Å². The van der Waals surface area contributed by atoms with Gasteiger partial charge in [-0.05, 0) is 24.3 Å². The standard InChI is InChI=1S/C24H27NO6S/c1-24(2,3)21(26)14-30-23(28)17-8-4-7-11-20(17)32-15-22(27)25-12-16-13-29-18-9-5-6-10-19(18)31-16/h4-11,16H,12-15H2,1-3H3,(H,25,27). The lowest BCUT2D eigenvalue weighted by Crippen LogP contribution is -2.41. The predicted molar refractivity (Wildman–Crippen MR) is 121 cm³/mol. The second-order valence-corrected chi connectivity index (χ2v) is 9.35. The lowest BCUT2D eigenvalue weighted by atomic mass is 9.91. The third kappa shape index (κ3) is 6.50. The highest BCUT2D eigenvalue weighted by Crippen LogP contribution is 2.30. The molecule has 0 aliphatic carbocycles. The third-order valence-electron chi connectivity index (χ3n) is 4.73. The number of carbonyl (C=O) groups excluding carboxylic acids is 3. The molecule has 1 atom stereocenters. The Morgan fingerprint density at radius 2 is 1.75 bits per heavy atom. The number of ketones is 1. The number of para-hydroxylation sites is 2. The van der Waals surface area contributed by atoms with Crippen LogP contribution in [0.2, 0.25) is 0 Å². The van der Waals surface area contributed by atoms with Crippen LogP contribution in [0, 0.1) is 5.41 Å². The number of hydrogen-bond acceptors (Lipinski definition) is 7. The molecule has 1 unspecified atom stereocenters. The first-order valence-electron chi connectivity index (χ1n) is 10.3. The zero-order chi connectivity index (χ0) is 23.1. The Bertz CT molecular complexity index is 984. The first-order valence-corrected chi connectivity index (χ1v) is 11.3. The molecule has 0 saturated carbocycles. The fraction of sp³-hybridized carbons (Fsp3) is 0.375. The van der Waals surface area contributed by atoms with Crippen LogP contribution in [0.15, 0.2) is 53.4 Å². The molecule has 32 heavy (non-hydrogen) atoms. The van der Waals surface area contributed by atoms with Gasteiger partial charge in [-0.25, -0.2) is 4.79 Å². The Balaban J connectivity index is 1.48. The molecule has 0 fully saturated rings. The number of carbonyl (C=O) groups is 3. The van der Waals surface area contributed by atoms with Crippen LogP contribution in [0.4, 0.5) is 0 Å². The number of rotatable bonds is 8. The van der Waals surface area contributed by atoms with Gasteiger partial charge in [0.15, 0.2) is 23.9 Å². The molecular formula is C24H27NO6S. The van der Waals surface area contributed by atoms with Crippen LogP contribution in [0.25, 0.3) is 0 Å². The number of hydrogen-bond donors (Lipinski definition) is 1. The van der Waals surface area contributed by atoms with E-state index in [9.17, 15) is 14.4 Å². The minimum Gasteiger partial charge on any atom is -0.486 e. The average Bonchev–Trinajstić information content (AvgIpc) is 2.79. The molecule has 0 radical (unpaired) electrons. The number of esters is 1. The predicted octanol–water partition coefficient (Wildman–Crippen LogP) is 3.51. The van der Waals surface area contributed by atoms with Crippen LogP contribution in [0.3, 0.4) is 0 Å². The van der Waals surface area contributed by atoms with E-state index in [-0.39, 0.29) is 30.2 Å². The zero-order valence-corrected chi connectivity index (χ0v) is 19.2. The molecule has 1 aliphatic rings. The van der Waals surface area contributed by atoms with Crippen molar-refractivity contribution in [2.24, 2.45) is 5.41 Å². The summed E-state index contributed by atoms with van der Waals surface area (Å²) in [5.74, 6) is 0.533. The number of nitrogens with one attached hydrogen (secondary N) is 1. The van der Waals surface area contributed by atoms with Crippen LogP contribution < -0.4 is 14.8 Å². The smallest absolute Gasteiger partial charge is 0.339 e. The van der Waals surface area contributed by atoms with E-state index in [1.165, 1.54) is 11.8 Å². The average molecular weight is 458 g/mol. The van der Waals surface area contributed by atoms with E-state index < -0.39 is 11.4 Å². The second-order valence-electron chi connectivity index (χ2n) is 8.34. The van der Waals surface area contributed by atoms with Gasteiger partial charge < -0.3 is 19.5 Å². The van der Waals surface area contributed by atoms with Crippen LogP contribution in [0.5, 0.6) is 11.5 Å². The maximum Gasteiger partial charge on any atom is 0.339 e. The molecule has 1 N–H and O–H groups in total. The highest BCUT2D eigenvalue weighted by atomic mass is 32.2. The van der Waals surface area contributed by atoms with Gasteiger partial charge in [0, 0.05) is 10.3 Å². The maximum absolute atomic E-state index is 12.5. The zero-order valence-electron chi connectivity index (χ0n) is 18.4. The highest BCUT2D eigenvalue weighted by molar-refractivity contribution is 8.00. The van der Waals surface area contributed by atoms with E-state index in [0.29, 0.717) is 35.1 Å². The first kappa shape index (κ1) is 23.7. The molecule has 1 amide bonds. The summed E-state index contributed by atoms with van der Waals surface area (Å²) in [6, 6.07) is 14.3. The van der Waals surface area contributed by atoms with Gasteiger partial charge >= 0.3 is 5.97 Å². The molecule has 1 heterocycles. The molecule has 1 aliphatic heterocycles. The van der Waals surface area contributed by atoms with Crippen molar-refractivity contribution in [1.29, 1.82) is 0 Å². The Kier molecular flexibility index (Phi) is 7.80. The molecule has 0 spiro atoms. The summed E-state index contributed by atoms with van der Waals surface area (Å²) in [6.07, 6.45) is -0.276. The van der Waals surface area contributed by atoms with Gasteiger partial charge in [0.1, 0.15) is 12.7 Å². The van der Waals surface area contributed by atoms with E-state index in [4.69, 9.17) is 14.2 Å². The van der Waals surface area contributed by atoms with Crippen molar-refractivity contribution in [2.75, 3.05) is 25.5 Å². The van der Waals surface area contributed by atoms with Gasteiger partial charge in [0.05, 0.1) is 17.9 Å². The van der Waals surface area contributed by atoms with Crippen LogP contribution in [-0.2, 0) is 14.3 Å². The van der Waals surface area contributed by atoms with Crippen molar-refractivity contribution in [2.45, 2.75) is 31.8 Å². The van der Waals surface area contributed by atoms with E-state index in [0.717, 1.165) is 0 Å². The Hall–Kier alpha value is -3.00. The topological polar surface area (TPSA) is 90.9 Å². The van der Waals surface area contributed by atoms with Crippen molar-refractivity contribution < 1.29 is 28.6 Å². The van der Waals surface area contributed by atoms with E-state index >= 15 is 0 Å². The molecule has 7 nitrogen and oxygen atoms in total. The number of fused-ring (bicyclic) bond motifs is 1. The fourth-order valence-electron chi connectivity index (χ4n) is 2.77. The van der Waals surface area contributed by atoms with Crippen LogP contribution in [0.1, 0.15) is 31.1 Å². The summed E-state index contributed by atoms with van der Waals surface area (Å²) in [4.78, 5) is 37.4. The lowest BCUT2D eigenvalue weighted by Gasteiger charge is -2.26. The van der Waals surface area contributed by atoms with Crippen molar-refractivity contribution in [3.05, 3.63) is 54.1 Å². The Labute approximate surface area is 191 Å². The summed E-state index contributed by atoms with van der Waals surface area (Å²) in [5.41, 5.74) is -0.255. The monoisotopic (exact) mass is 457 g/mol. The van der Waals surface area contributed by atoms with Crippen LogP contribution >= 0.6 is 11.8 Å². The number of benzene rings is 2. The SMILES string of the molecule is CC(C)(C)C(=O)COC(=O)c1ccccc1SCC(=O)NCC1COc2ccccc2O1. The molecule has 3 rings (SSSR count). The van der Waals surface area contributed by atoms with Gasteiger partial charge in [-0.15, -0.1) is 11.8 Å². The quantitative estimate of drug-likeness (QED) is 0.479. The van der Waals surface area contributed by atoms with Gasteiger partial charge in [0.25, 0.3) is 0 Å². The summed E-state index contributed by atoms with van der Waals surface area (Å²) < 4.78 is 16.7. The minimum absolute atomic E-state index is 0.120. The third-order valence-corrected chi connectivity index (χ3v) is 5.80. The second kappa shape index (κ2) is 10.5. The van der Waals surface area contributed by atoms with Gasteiger partial charge in [-0.1, -0.05) is 45.0 Å². The maximum atomic E-state index is 12.5. The molecule has 2 aromatic rings. The summed E-state index contributed by atoms with van der Waals surface area (Å²) in [6.45, 7) is 5.70. The van der Waals surface area contributed by atoms with Crippen molar-refractivity contribution >= 4 is 29.4 Å². The molecule has 170 valence electrons. The molecule has 2 aromatic carbocycles. The van der Waals surface area contributed by atoms with Gasteiger partial charge in [-0.2, -0.15) is 0 Å². The van der Waals surface area contributed by atoms with E-state index in [1.54, 1.807) is 45.0 Å². The summed E-state index contributed by atoms with van der Waals surface area (Å²) >= 11 is 1.23. The van der Waals surface area contributed by atoms with Gasteiger partial charge in [0.2, 0.25) is 5.91 Å². The minimum atomic E-state index is -0.586. The number of amides is 1. The first-order chi connectivity index (χ1) is 15.2. The van der Waals surface area contributed by atoms with Crippen molar-refractivity contribution in [3.63, 3.8) is 0 Å². The Morgan fingerprint density at radius 1 is 1.06 bits per heavy atom. The Morgan fingerprint density at radius 3 is 2.50 bits per heavy atom. The van der Waals surface area contributed by atoms with Gasteiger partial charge in [-0.3, -0.25) is 9.59 Å². The van der Waals surface area contributed by atoms with E-state index in [2.05, 4.69) is 5.32 Å². The summed E-state index contributed by atoms with van der Waals surface area (Å²) in [5, 5.41) is 2.83. The van der Waals surface area contributed by atoms with E-state index in [1.807, 2.05) is 24.3 Å². The lowest BCUT2D eigenvalue weighted by molar-refractivity contribution is -0.129. The molecule has 8 heteroatoms. The largest absolute Gasteiger partial charge is 0.486 e. The normalized spacial score (nSPS) is 15.0. The number of ether oxygens (including phenoxy) is 3. The summed E-state index contributed by atoms with van der Waals surface area (Å²) in [7, 11) is 0. The fourth-order valence-corrected chi connectivity index (χ4v) is 3.64. The molecular weight excluding hydrogens is 430 g/mol. The molecule has 0 bridgehead atoms. The molecule has 0 aromatic heterocycles. The van der Waals surface area contributed by atoms with Crippen LogP contribution in [-0.4, -0.2) is 49.3 Å². The highest BCUT2D eigenvalue weighted by Gasteiger charge is 2.24.